The predicted molar refractivity (Wildman–Crippen MR) is 106 cm³/mol. The Morgan fingerprint density at radius 1 is 0.967 bits per heavy atom. The lowest BCUT2D eigenvalue weighted by Crippen LogP contribution is -2.25. The number of rotatable bonds is 9. The van der Waals surface area contributed by atoms with E-state index >= 15 is 0 Å². The molecule has 0 aliphatic carbocycles. The molecule has 3 rings (SSSR count). The largest absolute Gasteiger partial charge is 0.483 e. The van der Waals surface area contributed by atoms with Crippen LogP contribution in [0.5, 0.6) is 17.2 Å². The molecule has 30 heavy (non-hydrogen) atoms. The summed E-state index contributed by atoms with van der Waals surface area (Å²) in [5.74, 6) is 0.531. The Morgan fingerprint density at radius 3 is 2.37 bits per heavy atom. The van der Waals surface area contributed by atoms with E-state index < -0.39 is 16.1 Å². The molecule has 1 atom stereocenters. The maximum Gasteiger partial charge on any atom is 0.311 e. The zero-order valence-corrected chi connectivity index (χ0v) is 16.4. The van der Waals surface area contributed by atoms with E-state index in [1.807, 2.05) is 0 Å². The summed E-state index contributed by atoms with van der Waals surface area (Å²) in [6.07, 6.45) is 2.33. The number of ether oxygens (including phenoxy) is 4. The van der Waals surface area contributed by atoms with Crippen LogP contribution in [0.15, 0.2) is 36.4 Å². The molecule has 0 radical (unpaired) electrons. The molecule has 0 saturated carbocycles. The van der Waals surface area contributed by atoms with E-state index in [4.69, 9.17) is 18.9 Å². The van der Waals surface area contributed by atoms with E-state index in [1.54, 1.807) is 13.0 Å². The molecule has 2 aromatic carbocycles. The van der Waals surface area contributed by atoms with Gasteiger partial charge in [-0.15, -0.1) is 0 Å². The normalized spacial score (nSPS) is 16.0. The van der Waals surface area contributed by atoms with Gasteiger partial charge < -0.3 is 18.9 Å². The fourth-order valence-electron chi connectivity index (χ4n) is 2.99. The minimum absolute atomic E-state index is 0.0234. The zero-order chi connectivity index (χ0) is 21.5. The number of aryl methyl sites for hydroxylation is 1. The predicted octanol–water partition coefficient (Wildman–Crippen LogP) is 4.17. The molecular formula is C20H22N2O8. The summed E-state index contributed by atoms with van der Waals surface area (Å²) in [5.41, 5.74) is 0.372. The van der Waals surface area contributed by atoms with Crippen molar-refractivity contribution >= 4 is 11.4 Å². The van der Waals surface area contributed by atoms with Crippen molar-refractivity contribution in [2.75, 3.05) is 19.8 Å². The summed E-state index contributed by atoms with van der Waals surface area (Å²) < 4.78 is 22.2. The smallest absolute Gasteiger partial charge is 0.311 e. The maximum absolute atomic E-state index is 11.3. The lowest BCUT2D eigenvalue weighted by atomic mass is 10.2. The molecule has 1 aliphatic heterocycles. The quantitative estimate of drug-likeness (QED) is 0.338. The van der Waals surface area contributed by atoms with Gasteiger partial charge in [0.15, 0.2) is 12.0 Å². The minimum Gasteiger partial charge on any atom is -0.483 e. The van der Waals surface area contributed by atoms with Crippen molar-refractivity contribution in [1.82, 2.24) is 0 Å². The molecular weight excluding hydrogens is 396 g/mol. The van der Waals surface area contributed by atoms with Gasteiger partial charge in [-0.25, -0.2) is 0 Å². The number of nitro benzene ring substituents is 2. The number of nitrogens with zero attached hydrogens (tertiary/aromatic N) is 2. The van der Waals surface area contributed by atoms with Gasteiger partial charge in [0.05, 0.1) is 16.5 Å². The number of hydrogen-bond donors (Lipinski definition) is 0. The van der Waals surface area contributed by atoms with Crippen molar-refractivity contribution < 1.29 is 28.8 Å². The van der Waals surface area contributed by atoms with Crippen molar-refractivity contribution in [2.24, 2.45) is 0 Å². The Labute approximate surface area is 172 Å². The molecule has 2 aromatic rings. The Hall–Kier alpha value is -3.40. The van der Waals surface area contributed by atoms with Crippen LogP contribution in [0.1, 0.15) is 24.8 Å². The summed E-state index contributed by atoms with van der Waals surface area (Å²) in [4.78, 5) is 21.3. The average molecular weight is 418 g/mol. The van der Waals surface area contributed by atoms with Crippen LogP contribution in [0.3, 0.4) is 0 Å². The van der Waals surface area contributed by atoms with Gasteiger partial charge in [-0.2, -0.15) is 0 Å². The third kappa shape index (κ3) is 5.57. The Bertz CT molecular complexity index is 912. The highest BCUT2D eigenvalue weighted by molar-refractivity contribution is 5.51. The van der Waals surface area contributed by atoms with Gasteiger partial charge in [0, 0.05) is 24.6 Å². The van der Waals surface area contributed by atoms with Crippen LogP contribution < -0.4 is 14.2 Å². The molecule has 0 spiro atoms. The second-order valence-electron chi connectivity index (χ2n) is 6.73. The van der Waals surface area contributed by atoms with E-state index in [0.29, 0.717) is 12.4 Å². The van der Waals surface area contributed by atoms with Crippen molar-refractivity contribution in [3.8, 4) is 17.2 Å². The van der Waals surface area contributed by atoms with Gasteiger partial charge in [-0.3, -0.25) is 20.2 Å². The molecule has 1 unspecified atom stereocenters. The van der Waals surface area contributed by atoms with Gasteiger partial charge in [-0.05, 0) is 37.5 Å². The van der Waals surface area contributed by atoms with Crippen LogP contribution in [-0.4, -0.2) is 36.0 Å². The lowest BCUT2D eigenvalue weighted by molar-refractivity contribution is -0.386. The third-order valence-electron chi connectivity index (χ3n) is 4.44. The van der Waals surface area contributed by atoms with Crippen LogP contribution in [-0.2, 0) is 4.74 Å². The second-order valence-corrected chi connectivity index (χ2v) is 6.73. The van der Waals surface area contributed by atoms with Crippen LogP contribution in [0.2, 0.25) is 0 Å². The molecule has 0 amide bonds. The van der Waals surface area contributed by atoms with Gasteiger partial charge in [0.2, 0.25) is 5.75 Å². The summed E-state index contributed by atoms with van der Waals surface area (Å²) in [7, 11) is 0. The summed E-state index contributed by atoms with van der Waals surface area (Å²) in [6, 6.07) is 8.85. The first-order valence-electron chi connectivity index (χ1n) is 9.51. The minimum atomic E-state index is -0.554. The summed E-state index contributed by atoms with van der Waals surface area (Å²) >= 11 is 0. The average Bonchev–Trinajstić information content (AvgIpc) is 2.72. The van der Waals surface area contributed by atoms with E-state index in [0.717, 1.165) is 24.8 Å². The van der Waals surface area contributed by atoms with Crippen molar-refractivity contribution in [1.29, 1.82) is 0 Å². The highest BCUT2D eigenvalue weighted by Gasteiger charge is 2.20. The molecule has 0 aromatic heterocycles. The molecule has 10 heteroatoms. The molecule has 1 saturated heterocycles. The SMILES string of the molecule is Cc1ccc(OCCOc2cc(OC3CCCCO3)ccc2[N+](=O)[O-])c([N+](=O)[O-])c1. The highest BCUT2D eigenvalue weighted by Crippen LogP contribution is 2.33. The molecule has 1 heterocycles. The fraction of sp³-hybridized carbons (Fsp3) is 0.400. The highest BCUT2D eigenvalue weighted by atomic mass is 16.7. The van der Waals surface area contributed by atoms with E-state index in [1.165, 1.54) is 30.3 Å². The van der Waals surface area contributed by atoms with Crippen molar-refractivity contribution in [3.63, 3.8) is 0 Å². The monoisotopic (exact) mass is 418 g/mol. The Balaban J connectivity index is 1.63. The Morgan fingerprint density at radius 2 is 1.70 bits per heavy atom. The summed E-state index contributed by atoms with van der Waals surface area (Å²) in [6.45, 7) is 2.28. The topological polar surface area (TPSA) is 123 Å². The van der Waals surface area contributed by atoms with E-state index in [-0.39, 0.29) is 36.1 Å². The molecule has 10 nitrogen and oxygen atoms in total. The maximum atomic E-state index is 11.3. The second kappa shape index (κ2) is 9.88. The molecule has 0 bridgehead atoms. The first-order valence-corrected chi connectivity index (χ1v) is 9.51. The van der Waals surface area contributed by atoms with Crippen molar-refractivity contribution in [2.45, 2.75) is 32.5 Å². The summed E-state index contributed by atoms with van der Waals surface area (Å²) in [5, 5.41) is 22.4. The molecule has 160 valence electrons. The number of nitro groups is 2. The lowest BCUT2D eigenvalue weighted by Gasteiger charge is -2.23. The third-order valence-corrected chi connectivity index (χ3v) is 4.44. The van der Waals surface area contributed by atoms with Gasteiger partial charge in [-0.1, -0.05) is 6.07 Å². The van der Waals surface area contributed by atoms with Crippen LogP contribution in [0.25, 0.3) is 0 Å². The zero-order valence-electron chi connectivity index (χ0n) is 16.4. The fourth-order valence-corrected chi connectivity index (χ4v) is 2.99. The van der Waals surface area contributed by atoms with Gasteiger partial charge >= 0.3 is 11.4 Å². The van der Waals surface area contributed by atoms with Crippen LogP contribution in [0.4, 0.5) is 11.4 Å². The van der Waals surface area contributed by atoms with Crippen LogP contribution >= 0.6 is 0 Å². The van der Waals surface area contributed by atoms with Crippen molar-refractivity contribution in [3.05, 3.63) is 62.2 Å². The van der Waals surface area contributed by atoms with E-state index in [9.17, 15) is 20.2 Å². The van der Waals surface area contributed by atoms with Crippen LogP contribution in [0, 0.1) is 27.2 Å². The Kier molecular flexibility index (Phi) is 7.02. The molecule has 1 fully saturated rings. The van der Waals surface area contributed by atoms with E-state index in [2.05, 4.69) is 0 Å². The number of benzene rings is 2. The number of hydrogen-bond acceptors (Lipinski definition) is 8. The first-order chi connectivity index (χ1) is 14.4. The van der Waals surface area contributed by atoms with Gasteiger partial charge in [0.1, 0.15) is 19.0 Å². The van der Waals surface area contributed by atoms with Gasteiger partial charge in [0.25, 0.3) is 0 Å². The first kappa shape index (κ1) is 21.3. The standard InChI is InChI=1S/C20H22N2O8/c1-14-5-8-18(17(12-14)22(25)26)27-10-11-28-19-13-15(6-7-16(19)21(23)24)30-20-4-2-3-9-29-20/h5-8,12-13,20H,2-4,9-11H2,1H3. The molecule has 1 aliphatic rings. The molecule has 0 N–H and O–H groups in total.